The van der Waals surface area contributed by atoms with Crippen molar-refractivity contribution in [3.63, 3.8) is 0 Å². The lowest BCUT2D eigenvalue weighted by Crippen LogP contribution is -2.49. The van der Waals surface area contributed by atoms with E-state index < -0.39 is 0 Å². The molecule has 22 heavy (non-hydrogen) atoms. The monoisotopic (exact) mass is 313 g/mol. The fourth-order valence-corrected chi connectivity index (χ4v) is 3.22. The highest BCUT2D eigenvalue weighted by Crippen LogP contribution is 2.18. The Labute approximate surface area is 138 Å². The average Bonchev–Trinajstić information content (AvgIpc) is 2.53. The van der Waals surface area contributed by atoms with Crippen molar-refractivity contribution in [2.24, 2.45) is 5.92 Å². The van der Waals surface area contributed by atoms with Crippen molar-refractivity contribution < 1.29 is 4.74 Å². The van der Waals surface area contributed by atoms with Crippen LogP contribution in [-0.2, 0) is 4.74 Å². The second-order valence-electron chi connectivity index (χ2n) is 6.81. The summed E-state index contributed by atoms with van der Waals surface area (Å²) in [6, 6.07) is 0. The van der Waals surface area contributed by atoms with Crippen LogP contribution in [0, 0.1) is 5.92 Å². The molecule has 0 aromatic rings. The maximum absolute atomic E-state index is 5.64. The number of nitrogens with zero attached hydrogens (tertiary/aromatic N) is 3. The molecule has 2 fully saturated rings. The summed E-state index contributed by atoms with van der Waals surface area (Å²) in [5, 5.41) is 0. The van der Waals surface area contributed by atoms with Gasteiger partial charge in [0.25, 0.3) is 0 Å². The van der Waals surface area contributed by atoms with Gasteiger partial charge in [0, 0.05) is 39.3 Å². The van der Waals surface area contributed by atoms with Crippen LogP contribution in [0.25, 0.3) is 0 Å². The molecule has 0 spiro atoms. The minimum absolute atomic E-state index is 0.362. The molecule has 2 aliphatic rings. The Morgan fingerprint density at radius 3 is 2.00 bits per heavy atom. The van der Waals surface area contributed by atoms with Gasteiger partial charge in [-0.2, -0.15) is 0 Å². The summed E-state index contributed by atoms with van der Waals surface area (Å²) in [5.41, 5.74) is 0. The molecule has 0 unspecified atom stereocenters. The molecule has 2 aliphatic heterocycles. The van der Waals surface area contributed by atoms with Crippen LogP contribution in [0.4, 0.5) is 0 Å². The van der Waals surface area contributed by atoms with E-state index in [2.05, 4.69) is 35.6 Å². The van der Waals surface area contributed by atoms with Crippen LogP contribution in [0.1, 0.15) is 40.5 Å². The van der Waals surface area contributed by atoms with Gasteiger partial charge in [0.05, 0.1) is 12.7 Å². The molecular formula is C18H39N3O. The van der Waals surface area contributed by atoms with Crippen molar-refractivity contribution in [1.82, 2.24) is 14.7 Å². The summed E-state index contributed by atoms with van der Waals surface area (Å²) in [4.78, 5) is 7.69. The third-order valence-electron chi connectivity index (χ3n) is 4.68. The van der Waals surface area contributed by atoms with Gasteiger partial charge in [0.1, 0.15) is 0 Å². The molecule has 0 aliphatic carbocycles. The average molecular weight is 314 g/mol. The Bertz CT molecular complexity index is 257. The Balaban J connectivity index is 0.00000116. The summed E-state index contributed by atoms with van der Waals surface area (Å²) in [6.07, 6.45) is 3.14. The van der Waals surface area contributed by atoms with Gasteiger partial charge in [-0.3, -0.25) is 4.90 Å². The second-order valence-corrected chi connectivity index (χ2v) is 6.81. The van der Waals surface area contributed by atoms with Crippen LogP contribution >= 0.6 is 0 Å². The van der Waals surface area contributed by atoms with E-state index in [4.69, 9.17) is 4.74 Å². The van der Waals surface area contributed by atoms with Crippen LogP contribution in [0.5, 0.6) is 0 Å². The minimum Gasteiger partial charge on any atom is -0.377 e. The smallest absolute Gasteiger partial charge is 0.0596 e. The quantitative estimate of drug-likeness (QED) is 0.749. The van der Waals surface area contributed by atoms with E-state index >= 15 is 0 Å². The summed E-state index contributed by atoms with van der Waals surface area (Å²) in [6.45, 7) is 19.0. The fraction of sp³-hybridized carbons (Fsp3) is 1.00. The largest absolute Gasteiger partial charge is 0.377 e. The molecule has 2 rings (SSSR count). The zero-order chi connectivity index (χ0) is 16.4. The molecule has 2 saturated heterocycles. The van der Waals surface area contributed by atoms with E-state index in [1.165, 1.54) is 58.7 Å². The van der Waals surface area contributed by atoms with Gasteiger partial charge < -0.3 is 14.5 Å². The standard InChI is InChI=1S/C16H33N3O.C2H6/c1-15(2)20-13-12-18-8-10-19(11-9-18)14-16-4-6-17(3)7-5-16;1-2/h15-16H,4-14H2,1-3H3;1-2H3. The molecule has 0 bridgehead atoms. The van der Waals surface area contributed by atoms with Crippen LogP contribution in [-0.4, -0.2) is 86.8 Å². The molecule has 4 heteroatoms. The van der Waals surface area contributed by atoms with Crippen LogP contribution in [0.15, 0.2) is 0 Å². The van der Waals surface area contributed by atoms with Gasteiger partial charge in [0.15, 0.2) is 0 Å². The molecule has 0 N–H and O–H groups in total. The lowest BCUT2D eigenvalue weighted by molar-refractivity contribution is 0.0406. The predicted octanol–water partition coefficient (Wildman–Crippen LogP) is 2.40. The number of rotatable bonds is 6. The van der Waals surface area contributed by atoms with Crippen molar-refractivity contribution in [3.05, 3.63) is 0 Å². The van der Waals surface area contributed by atoms with Crippen molar-refractivity contribution in [1.29, 1.82) is 0 Å². The molecule has 0 radical (unpaired) electrons. The number of hydrogen-bond acceptors (Lipinski definition) is 4. The molecule has 132 valence electrons. The summed E-state index contributed by atoms with van der Waals surface area (Å²) in [5.74, 6) is 0.932. The van der Waals surface area contributed by atoms with Gasteiger partial charge in [0.2, 0.25) is 0 Å². The first-order valence-corrected chi connectivity index (χ1v) is 9.38. The Hall–Kier alpha value is -0.160. The van der Waals surface area contributed by atoms with Crippen molar-refractivity contribution in [2.75, 3.05) is 66.0 Å². The molecule has 0 saturated carbocycles. The topological polar surface area (TPSA) is 19.0 Å². The Morgan fingerprint density at radius 2 is 1.45 bits per heavy atom. The molecule has 0 aromatic heterocycles. The highest BCUT2D eigenvalue weighted by atomic mass is 16.5. The molecule has 0 atom stereocenters. The fourth-order valence-electron chi connectivity index (χ4n) is 3.22. The lowest BCUT2D eigenvalue weighted by atomic mass is 9.96. The Kier molecular flexibility index (Phi) is 10.3. The van der Waals surface area contributed by atoms with Gasteiger partial charge in [-0.15, -0.1) is 0 Å². The highest BCUT2D eigenvalue weighted by Gasteiger charge is 2.22. The van der Waals surface area contributed by atoms with E-state index in [1.54, 1.807) is 0 Å². The van der Waals surface area contributed by atoms with Crippen molar-refractivity contribution >= 4 is 0 Å². The predicted molar refractivity (Wildman–Crippen MR) is 95.5 cm³/mol. The van der Waals surface area contributed by atoms with Crippen LogP contribution in [0.2, 0.25) is 0 Å². The molecule has 0 amide bonds. The van der Waals surface area contributed by atoms with E-state index in [0.717, 1.165) is 19.1 Å². The Morgan fingerprint density at radius 1 is 0.909 bits per heavy atom. The maximum Gasteiger partial charge on any atom is 0.0596 e. The number of hydrogen-bond donors (Lipinski definition) is 0. The first-order valence-electron chi connectivity index (χ1n) is 9.38. The van der Waals surface area contributed by atoms with Crippen molar-refractivity contribution in [3.8, 4) is 0 Å². The van der Waals surface area contributed by atoms with Gasteiger partial charge in [-0.25, -0.2) is 0 Å². The normalized spacial score (nSPS) is 22.6. The number of piperazine rings is 1. The number of likely N-dealkylation sites (tertiary alicyclic amines) is 1. The van der Waals surface area contributed by atoms with Crippen LogP contribution < -0.4 is 0 Å². The molecule has 0 aromatic carbocycles. The SMILES string of the molecule is CC.CC(C)OCCN1CCN(CC2CCN(C)CC2)CC1. The summed E-state index contributed by atoms with van der Waals surface area (Å²) in [7, 11) is 2.24. The number of piperidine rings is 1. The summed E-state index contributed by atoms with van der Waals surface area (Å²) < 4.78 is 5.64. The van der Waals surface area contributed by atoms with Gasteiger partial charge >= 0.3 is 0 Å². The molecular weight excluding hydrogens is 274 g/mol. The first kappa shape index (κ1) is 19.9. The zero-order valence-corrected chi connectivity index (χ0v) is 15.7. The van der Waals surface area contributed by atoms with Crippen LogP contribution in [0.3, 0.4) is 0 Å². The minimum atomic E-state index is 0.362. The van der Waals surface area contributed by atoms with Gasteiger partial charge in [-0.1, -0.05) is 13.8 Å². The van der Waals surface area contributed by atoms with Gasteiger partial charge in [-0.05, 0) is 52.7 Å². The zero-order valence-electron chi connectivity index (χ0n) is 15.7. The lowest BCUT2D eigenvalue weighted by Gasteiger charge is -2.38. The van der Waals surface area contributed by atoms with E-state index in [0.29, 0.717) is 6.10 Å². The van der Waals surface area contributed by atoms with Crippen molar-refractivity contribution in [2.45, 2.75) is 46.6 Å². The number of ether oxygens (including phenoxy) is 1. The molecule has 4 nitrogen and oxygen atoms in total. The first-order chi connectivity index (χ1) is 10.6. The second kappa shape index (κ2) is 11.4. The highest BCUT2D eigenvalue weighted by molar-refractivity contribution is 4.77. The third kappa shape index (κ3) is 7.91. The maximum atomic E-state index is 5.64. The summed E-state index contributed by atoms with van der Waals surface area (Å²) >= 11 is 0. The van der Waals surface area contributed by atoms with E-state index in [9.17, 15) is 0 Å². The third-order valence-corrected chi connectivity index (χ3v) is 4.68. The van der Waals surface area contributed by atoms with E-state index in [1.807, 2.05) is 13.8 Å². The molecule has 2 heterocycles. The van der Waals surface area contributed by atoms with E-state index in [-0.39, 0.29) is 0 Å².